The van der Waals surface area contributed by atoms with Crippen LogP contribution in [0.2, 0.25) is 0 Å². The van der Waals surface area contributed by atoms with E-state index in [1.54, 1.807) is 0 Å². The summed E-state index contributed by atoms with van der Waals surface area (Å²) in [5, 5.41) is 30.4. The minimum atomic E-state index is -1.84. The fourth-order valence-electron chi connectivity index (χ4n) is 1.68. The summed E-state index contributed by atoms with van der Waals surface area (Å²) in [4.78, 5) is 68.4. The maximum Gasteiger partial charge on any atom is 0.327 e. The molecule has 0 aliphatic rings. The van der Waals surface area contributed by atoms with Crippen molar-refractivity contribution < 1.29 is 44.1 Å². The summed E-state index contributed by atoms with van der Waals surface area (Å²) in [5.74, 6) is -7.77. The fourth-order valence-corrected chi connectivity index (χ4v) is 1.68. The Hall–Kier alpha value is -3.46. The van der Waals surface area contributed by atoms with Gasteiger partial charge in [0.15, 0.2) is 0 Å². The number of hydrogen-bond donors (Lipinski definition) is 9. The first-order valence-electron chi connectivity index (χ1n) is 7.67. The molecular weight excluding hydrogens is 384 g/mol. The molecule has 15 heteroatoms. The van der Waals surface area contributed by atoms with Crippen molar-refractivity contribution in [3.8, 4) is 0 Å². The second-order valence-corrected chi connectivity index (χ2v) is 5.55. The number of nitrogens with one attached hydrogen (secondary N) is 4. The van der Waals surface area contributed by atoms with Gasteiger partial charge in [-0.25, -0.2) is 9.59 Å². The van der Waals surface area contributed by atoms with Gasteiger partial charge in [-0.15, -0.1) is 0 Å². The molecule has 11 N–H and O–H groups in total. The van der Waals surface area contributed by atoms with E-state index in [9.17, 15) is 28.8 Å². The van der Waals surface area contributed by atoms with Crippen LogP contribution in [0, 0.1) is 5.92 Å². The molecular formula is C13H22N6O9. The number of aliphatic hydroxyl groups excluding tert-OH is 1. The summed E-state index contributed by atoms with van der Waals surface area (Å²) in [6, 6.07) is -6.10. The van der Waals surface area contributed by atoms with Gasteiger partial charge >= 0.3 is 18.0 Å². The van der Waals surface area contributed by atoms with Gasteiger partial charge in [0.2, 0.25) is 5.91 Å². The molecule has 0 radical (unpaired) electrons. The molecule has 0 saturated heterocycles. The van der Waals surface area contributed by atoms with Gasteiger partial charge < -0.3 is 37.4 Å². The van der Waals surface area contributed by atoms with E-state index in [0.29, 0.717) is 0 Å². The summed E-state index contributed by atoms with van der Waals surface area (Å²) in [6.45, 7) is 0.320. The first kappa shape index (κ1) is 24.5. The zero-order valence-corrected chi connectivity index (χ0v) is 14.7. The molecule has 0 spiro atoms. The van der Waals surface area contributed by atoms with Crippen LogP contribution in [0.15, 0.2) is 0 Å². The lowest BCUT2D eigenvalue weighted by Gasteiger charge is -2.22. The van der Waals surface area contributed by atoms with E-state index >= 15 is 0 Å². The van der Waals surface area contributed by atoms with E-state index in [0.717, 1.165) is 6.92 Å². The van der Waals surface area contributed by atoms with E-state index in [-0.39, 0.29) is 0 Å². The molecule has 0 bridgehead atoms. The predicted molar refractivity (Wildman–Crippen MR) is 88.8 cm³/mol. The Kier molecular flexibility index (Phi) is 9.90. The zero-order chi connectivity index (χ0) is 22.0. The summed E-state index contributed by atoms with van der Waals surface area (Å²) in [6.07, 6.45) is -0.729. The maximum atomic E-state index is 12.0. The number of amides is 5. The van der Waals surface area contributed by atoms with Gasteiger partial charge in [-0.05, 0) is 6.92 Å². The summed E-state index contributed by atoms with van der Waals surface area (Å²) in [7, 11) is 0. The molecule has 0 aliphatic carbocycles. The highest BCUT2D eigenvalue weighted by molar-refractivity contribution is 5.94. The third-order valence-corrected chi connectivity index (χ3v) is 3.31. The minimum Gasteiger partial charge on any atom is -0.481 e. The summed E-state index contributed by atoms with van der Waals surface area (Å²) < 4.78 is 0. The predicted octanol–water partition coefficient (Wildman–Crippen LogP) is -4.83. The number of carbonyl (C=O) groups is 6. The second-order valence-electron chi connectivity index (χ2n) is 5.55. The lowest BCUT2D eigenvalue weighted by Crippen LogP contribution is -2.59. The number of carboxylic acids is 2. The van der Waals surface area contributed by atoms with Gasteiger partial charge in [0.1, 0.15) is 18.1 Å². The van der Waals surface area contributed by atoms with E-state index in [1.165, 1.54) is 0 Å². The van der Waals surface area contributed by atoms with E-state index in [2.05, 4.69) is 0 Å². The molecule has 28 heavy (non-hydrogen) atoms. The number of carboxylic acid groups (broad SMARTS) is 2. The van der Waals surface area contributed by atoms with Gasteiger partial charge in [-0.1, -0.05) is 0 Å². The van der Waals surface area contributed by atoms with Crippen molar-refractivity contribution in [2.24, 2.45) is 17.4 Å². The summed E-state index contributed by atoms with van der Waals surface area (Å²) in [5.41, 5.74) is 13.8. The first-order chi connectivity index (χ1) is 12.9. The smallest absolute Gasteiger partial charge is 0.327 e. The Morgan fingerprint density at radius 2 is 1.46 bits per heavy atom. The lowest BCUT2D eigenvalue weighted by atomic mass is 10.0. The number of urea groups is 1. The van der Waals surface area contributed by atoms with Crippen LogP contribution in [0.25, 0.3) is 0 Å². The number of aliphatic carboxylic acids is 2. The van der Waals surface area contributed by atoms with Crippen LogP contribution in [0.1, 0.15) is 13.3 Å². The van der Waals surface area contributed by atoms with Gasteiger partial charge in [0, 0.05) is 0 Å². The second kappa shape index (κ2) is 11.3. The molecule has 158 valence electrons. The Morgan fingerprint density at radius 1 is 0.929 bits per heavy atom. The lowest BCUT2D eigenvalue weighted by molar-refractivity contribution is -0.149. The van der Waals surface area contributed by atoms with E-state index in [4.69, 9.17) is 26.8 Å². The van der Waals surface area contributed by atoms with Crippen LogP contribution in [0.5, 0.6) is 0 Å². The first-order valence-corrected chi connectivity index (χ1v) is 7.67. The van der Waals surface area contributed by atoms with Gasteiger partial charge in [0.25, 0.3) is 11.8 Å². The highest BCUT2D eigenvalue weighted by atomic mass is 16.4. The molecule has 0 fully saturated rings. The van der Waals surface area contributed by atoms with Crippen molar-refractivity contribution in [1.82, 2.24) is 21.5 Å². The van der Waals surface area contributed by atoms with Crippen LogP contribution in [-0.2, 0) is 24.0 Å². The summed E-state index contributed by atoms with van der Waals surface area (Å²) >= 11 is 0. The Bertz CT molecular complexity index is 640. The van der Waals surface area contributed by atoms with Crippen molar-refractivity contribution in [2.75, 3.05) is 6.61 Å². The number of hydrogen-bond acceptors (Lipinski definition) is 8. The molecule has 15 nitrogen and oxygen atoms in total. The highest BCUT2D eigenvalue weighted by Gasteiger charge is 2.33. The number of primary amides is 1. The van der Waals surface area contributed by atoms with E-state index < -0.39 is 72.8 Å². The van der Waals surface area contributed by atoms with E-state index in [1.807, 2.05) is 21.5 Å². The largest absolute Gasteiger partial charge is 0.481 e. The monoisotopic (exact) mass is 406 g/mol. The zero-order valence-electron chi connectivity index (χ0n) is 14.7. The van der Waals surface area contributed by atoms with Crippen molar-refractivity contribution in [3.63, 3.8) is 0 Å². The normalized spacial score (nSPS) is 14.5. The minimum absolute atomic E-state index is 0.717. The molecule has 5 amide bonds. The van der Waals surface area contributed by atoms with Crippen LogP contribution in [0.4, 0.5) is 4.79 Å². The van der Waals surface area contributed by atoms with Gasteiger partial charge in [-0.2, -0.15) is 0 Å². The number of nitrogens with two attached hydrogens (primary N) is 2. The molecule has 0 saturated carbocycles. The quantitative estimate of drug-likeness (QED) is 0.156. The molecule has 0 heterocycles. The number of carbonyl (C=O) groups excluding carboxylic acids is 4. The van der Waals surface area contributed by atoms with Crippen molar-refractivity contribution in [1.29, 1.82) is 0 Å². The Labute approximate surface area is 157 Å². The number of hydrazine groups is 1. The standard InChI is InChI=1S/C13H22N6O9/c1-4(11(24)25)8(12(26)27)17-13(28)16-6(2-7(15)21)10(23)19-18-9(22)5(14)3-20/h4-6,8,20H,2-3,14H2,1H3,(H2,15,21)(H,18,22)(H,19,23)(H,24,25)(H,26,27)(H2,16,17,28)/t4?,5-,6-,8-/m0/s1. The van der Waals surface area contributed by atoms with Crippen molar-refractivity contribution in [3.05, 3.63) is 0 Å². The van der Waals surface area contributed by atoms with Crippen LogP contribution < -0.4 is 33.0 Å². The third-order valence-electron chi connectivity index (χ3n) is 3.31. The molecule has 0 aliphatic heterocycles. The molecule has 0 aromatic heterocycles. The van der Waals surface area contributed by atoms with Crippen molar-refractivity contribution in [2.45, 2.75) is 31.5 Å². The van der Waals surface area contributed by atoms with Crippen molar-refractivity contribution >= 4 is 35.7 Å². The Morgan fingerprint density at radius 3 is 1.89 bits per heavy atom. The molecule has 0 aromatic carbocycles. The van der Waals surface area contributed by atoms with Crippen LogP contribution in [0.3, 0.4) is 0 Å². The maximum absolute atomic E-state index is 12.0. The Balaban J connectivity index is 5.06. The molecule has 0 rings (SSSR count). The molecule has 4 atom stereocenters. The fraction of sp³-hybridized carbons (Fsp3) is 0.538. The van der Waals surface area contributed by atoms with Crippen LogP contribution >= 0.6 is 0 Å². The van der Waals surface area contributed by atoms with Gasteiger partial charge in [-0.3, -0.25) is 30.0 Å². The molecule has 1 unspecified atom stereocenters. The molecule has 0 aromatic rings. The SMILES string of the molecule is CC(C(=O)O)[C@H](NC(=O)N[C@@H](CC(N)=O)C(=O)NNC(=O)[C@@H](N)CO)C(=O)O. The highest BCUT2D eigenvalue weighted by Crippen LogP contribution is 2.04. The third kappa shape index (κ3) is 8.28. The van der Waals surface area contributed by atoms with Gasteiger partial charge in [0.05, 0.1) is 18.9 Å². The number of aliphatic hydroxyl groups is 1. The number of rotatable bonds is 10. The average Bonchev–Trinajstić information content (AvgIpc) is 2.61. The van der Waals surface area contributed by atoms with Crippen LogP contribution in [-0.4, -0.2) is 75.7 Å². The topological polar surface area (TPSA) is 263 Å². The average molecular weight is 406 g/mol.